The number of aliphatic hydroxyl groups is 1. The number of nitrogens with zero attached hydrogens (tertiary/aromatic N) is 1. The van der Waals surface area contributed by atoms with Crippen LogP contribution in [0.3, 0.4) is 0 Å². The summed E-state index contributed by atoms with van der Waals surface area (Å²) in [4.78, 5) is 14.7. The standard InChI is InChI=1S/C15H27NO2/c1-14(2)12(15(14,3)4)13(18)16-8-5-6-11(10-16)7-9-17/h11-12,17H,5-10H2,1-4H3. The van der Waals surface area contributed by atoms with Gasteiger partial charge in [0.25, 0.3) is 0 Å². The van der Waals surface area contributed by atoms with E-state index in [0.29, 0.717) is 11.8 Å². The van der Waals surface area contributed by atoms with Crippen molar-refractivity contribution in [3.05, 3.63) is 0 Å². The average molecular weight is 253 g/mol. The van der Waals surface area contributed by atoms with Crippen LogP contribution < -0.4 is 0 Å². The molecule has 3 heteroatoms. The smallest absolute Gasteiger partial charge is 0.226 e. The van der Waals surface area contributed by atoms with Crippen LogP contribution in [0.5, 0.6) is 0 Å². The third kappa shape index (κ3) is 2.07. The molecule has 3 nitrogen and oxygen atoms in total. The first-order chi connectivity index (χ1) is 8.32. The van der Waals surface area contributed by atoms with E-state index in [4.69, 9.17) is 5.11 Å². The van der Waals surface area contributed by atoms with Gasteiger partial charge in [-0.3, -0.25) is 4.79 Å². The summed E-state index contributed by atoms with van der Waals surface area (Å²) in [6, 6.07) is 0. The van der Waals surface area contributed by atoms with Gasteiger partial charge in [0.05, 0.1) is 0 Å². The van der Waals surface area contributed by atoms with E-state index < -0.39 is 0 Å². The second-order valence-corrected chi connectivity index (χ2v) is 7.18. The maximum absolute atomic E-state index is 12.6. The molecule has 1 aliphatic heterocycles. The van der Waals surface area contributed by atoms with Crippen LogP contribution >= 0.6 is 0 Å². The molecule has 0 bridgehead atoms. The molecule has 1 aliphatic carbocycles. The van der Waals surface area contributed by atoms with Crippen molar-refractivity contribution in [2.75, 3.05) is 19.7 Å². The molecule has 1 amide bonds. The lowest BCUT2D eigenvalue weighted by Crippen LogP contribution is -2.41. The number of hydrogen-bond donors (Lipinski definition) is 1. The first-order valence-corrected chi connectivity index (χ1v) is 7.22. The Hall–Kier alpha value is -0.570. The van der Waals surface area contributed by atoms with Crippen LogP contribution in [0.2, 0.25) is 0 Å². The van der Waals surface area contributed by atoms with Crippen LogP contribution in [-0.4, -0.2) is 35.6 Å². The highest BCUT2D eigenvalue weighted by Gasteiger charge is 2.68. The highest BCUT2D eigenvalue weighted by atomic mass is 16.3. The first-order valence-electron chi connectivity index (χ1n) is 7.22. The highest BCUT2D eigenvalue weighted by Crippen LogP contribution is 2.68. The fraction of sp³-hybridized carbons (Fsp3) is 0.933. The van der Waals surface area contributed by atoms with E-state index in [1.165, 1.54) is 0 Å². The van der Waals surface area contributed by atoms with Crippen molar-refractivity contribution in [1.82, 2.24) is 4.90 Å². The van der Waals surface area contributed by atoms with Crippen LogP contribution in [-0.2, 0) is 4.79 Å². The Balaban J connectivity index is 1.98. The second kappa shape index (κ2) is 4.52. The average Bonchev–Trinajstić information content (AvgIpc) is 2.69. The normalized spacial score (nSPS) is 30.3. The predicted molar refractivity (Wildman–Crippen MR) is 72.1 cm³/mol. The van der Waals surface area contributed by atoms with Gasteiger partial charge in [-0.25, -0.2) is 0 Å². The molecule has 0 aromatic rings. The molecule has 0 aromatic heterocycles. The maximum atomic E-state index is 12.6. The molecule has 2 fully saturated rings. The molecule has 1 saturated carbocycles. The minimum Gasteiger partial charge on any atom is -0.396 e. The summed E-state index contributed by atoms with van der Waals surface area (Å²) in [5, 5.41) is 9.03. The van der Waals surface area contributed by atoms with Crippen molar-refractivity contribution in [3.63, 3.8) is 0 Å². The van der Waals surface area contributed by atoms with Gasteiger partial charge in [-0.1, -0.05) is 27.7 Å². The Bertz CT molecular complexity index is 319. The van der Waals surface area contributed by atoms with Crippen molar-refractivity contribution in [2.24, 2.45) is 22.7 Å². The predicted octanol–water partition coefficient (Wildman–Crippen LogP) is 2.29. The topological polar surface area (TPSA) is 40.5 Å². The molecule has 2 aliphatic rings. The van der Waals surface area contributed by atoms with Gasteiger partial charge in [-0.15, -0.1) is 0 Å². The molecular weight excluding hydrogens is 226 g/mol. The number of hydrogen-bond acceptors (Lipinski definition) is 2. The number of aliphatic hydroxyl groups excluding tert-OH is 1. The molecule has 0 radical (unpaired) electrons. The zero-order valence-corrected chi connectivity index (χ0v) is 12.2. The number of likely N-dealkylation sites (tertiary alicyclic amines) is 1. The molecule has 1 N–H and O–H groups in total. The van der Waals surface area contributed by atoms with Crippen LogP contribution in [0.4, 0.5) is 0 Å². The van der Waals surface area contributed by atoms with Gasteiger partial charge in [0.15, 0.2) is 0 Å². The number of amides is 1. The Morgan fingerprint density at radius 3 is 2.39 bits per heavy atom. The third-order valence-electron chi connectivity index (χ3n) is 5.64. The molecule has 1 saturated heterocycles. The highest BCUT2D eigenvalue weighted by molar-refractivity contribution is 5.84. The van der Waals surface area contributed by atoms with E-state index in [1.54, 1.807) is 0 Å². The summed E-state index contributed by atoms with van der Waals surface area (Å²) in [5.41, 5.74) is 0.266. The molecule has 0 spiro atoms. The van der Waals surface area contributed by atoms with Gasteiger partial charge in [0, 0.05) is 25.6 Å². The van der Waals surface area contributed by atoms with E-state index in [9.17, 15) is 4.79 Å². The molecule has 1 atom stereocenters. The third-order valence-corrected chi connectivity index (χ3v) is 5.64. The number of carbonyl (C=O) groups is 1. The zero-order chi connectivity index (χ0) is 13.6. The van der Waals surface area contributed by atoms with Gasteiger partial charge in [-0.2, -0.15) is 0 Å². The monoisotopic (exact) mass is 253 g/mol. The Morgan fingerprint density at radius 1 is 1.28 bits per heavy atom. The van der Waals surface area contributed by atoms with Gasteiger partial charge in [-0.05, 0) is 36.0 Å². The Kier molecular flexibility index (Phi) is 3.48. The summed E-state index contributed by atoms with van der Waals surface area (Å²) >= 11 is 0. The van der Waals surface area contributed by atoms with E-state index in [1.807, 2.05) is 4.90 Å². The van der Waals surface area contributed by atoms with Gasteiger partial charge < -0.3 is 10.0 Å². The Labute approximate surface area is 111 Å². The molecule has 1 heterocycles. The molecule has 2 rings (SSSR count). The van der Waals surface area contributed by atoms with Crippen molar-refractivity contribution >= 4 is 5.91 Å². The zero-order valence-electron chi connectivity index (χ0n) is 12.2. The van der Waals surface area contributed by atoms with Crippen molar-refractivity contribution < 1.29 is 9.90 Å². The fourth-order valence-electron chi connectivity index (χ4n) is 3.68. The van der Waals surface area contributed by atoms with Gasteiger partial charge in [0.2, 0.25) is 5.91 Å². The lowest BCUT2D eigenvalue weighted by molar-refractivity contribution is -0.135. The number of carbonyl (C=O) groups excluding carboxylic acids is 1. The summed E-state index contributed by atoms with van der Waals surface area (Å²) < 4.78 is 0. The minimum atomic E-state index is 0.133. The summed E-state index contributed by atoms with van der Waals surface area (Å²) in [7, 11) is 0. The van der Waals surface area contributed by atoms with Crippen LogP contribution in [0, 0.1) is 22.7 Å². The van der Waals surface area contributed by atoms with E-state index in [0.717, 1.165) is 32.4 Å². The molecule has 1 unspecified atom stereocenters. The van der Waals surface area contributed by atoms with Crippen molar-refractivity contribution in [2.45, 2.75) is 47.0 Å². The summed E-state index contributed by atoms with van der Waals surface area (Å²) in [6.07, 6.45) is 3.08. The number of piperidine rings is 1. The molecule has 104 valence electrons. The SMILES string of the molecule is CC1(C)C(C(=O)N2CCCC(CCO)C2)C1(C)C. The van der Waals surface area contributed by atoms with E-state index in [-0.39, 0.29) is 23.4 Å². The number of rotatable bonds is 3. The van der Waals surface area contributed by atoms with Crippen LogP contribution in [0.25, 0.3) is 0 Å². The van der Waals surface area contributed by atoms with Crippen molar-refractivity contribution in [3.8, 4) is 0 Å². The lowest BCUT2D eigenvalue weighted by Gasteiger charge is -2.33. The largest absolute Gasteiger partial charge is 0.396 e. The van der Waals surface area contributed by atoms with Gasteiger partial charge >= 0.3 is 0 Å². The minimum absolute atomic E-state index is 0.133. The maximum Gasteiger partial charge on any atom is 0.226 e. The second-order valence-electron chi connectivity index (χ2n) is 7.18. The first kappa shape index (κ1) is 13.9. The fourth-order valence-corrected chi connectivity index (χ4v) is 3.68. The molecule has 0 aromatic carbocycles. The lowest BCUT2D eigenvalue weighted by atomic mass is 9.94. The van der Waals surface area contributed by atoms with E-state index in [2.05, 4.69) is 27.7 Å². The Morgan fingerprint density at radius 2 is 1.89 bits per heavy atom. The summed E-state index contributed by atoms with van der Waals surface area (Å²) in [6.45, 7) is 10.8. The quantitative estimate of drug-likeness (QED) is 0.838. The van der Waals surface area contributed by atoms with Gasteiger partial charge in [0.1, 0.15) is 0 Å². The van der Waals surface area contributed by atoms with Crippen LogP contribution in [0.1, 0.15) is 47.0 Å². The molecule has 18 heavy (non-hydrogen) atoms. The summed E-state index contributed by atoms with van der Waals surface area (Å²) in [5.74, 6) is 1.02. The molecular formula is C15H27NO2. The van der Waals surface area contributed by atoms with Crippen LogP contribution in [0.15, 0.2) is 0 Å². The van der Waals surface area contributed by atoms with E-state index >= 15 is 0 Å². The van der Waals surface area contributed by atoms with Crippen molar-refractivity contribution in [1.29, 1.82) is 0 Å².